The predicted octanol–water partition coefficient (Wildman–Crippen LogP) is -2.07. The number of carboxylic acid groups (broad SMARTS) is 1. The maximum absolute atomic E-state index is 14.3. The second kappa shape index (κ2) is 37.2. The molecule has 1 aliphatic heterocycles. The Hall–Kier alpha value is -6.64. The third-order valence-corrected chi connectivity index (χ3v) is 13.1. The van der Waals surface area contributed by atoms with E-state index < -0.39 is 108 Å². The molecule has 0 spiro atoms. The molecule has 78 heavy (non-hydrogen) atoms. The highest BCUT2D eigenvalue weighted by atomic mass is 16.4. The number of amides is 8. The minimum Gasteiger partial charge on any atom is -0.481 e. The molecule has 0 unspecified atom stereocenters. The molecule has 1 rings (SSSR count). The average molecular weight is 1110 g/mol. The molecule has 21 N–H and O–H groups in total. The van der Waals surface area contributed by atoms with E-state index in [0.717, 1.165) is 0 Å². The lowest BCUT2D eigenvalue weighted by molar-refractivity contribution is -0.141. The largest absolute Gasteiger partial charge is 0.481 e. The number of carboxylic acids is 1. The van der Waals surface area contributed by atoms with Crippen LogP contribution in [0.3, 0.4) is 0 Å². The highest BCUT2D eigenvalue weighted by molar-refractivity contribution is 5.98. The smallest absolute Gasteiger partial charge is 0.303 e. The van der Waals surface area contributed by atoms with Gasteiger partial charge in [0.2, 0.25) is 47.3 Å². The van der Waals surface area contributed by atoms with Crippen LogP contribution in [0.5, 0.6) is 0 Å². The lowest BCUT2D eigenvalue weighted by Gasteiger charge is -2.29. The van der Waals surface area contributed by atoms with Gasteiger partial charge in [0.1, 0.15) is 36.3 Å². The number of aliphatic imine (C=N–C) groups is 2. The fraction of sp³-hybridized carbons (Fsp3) is 0.765. The van der Waals surface area contributed by atoms with Gasteiger partial charge >= 0.3 is 5.97 Å². The molecule has 27 heteroatoms. The van der Waals surface area contributed by atoms with Crippen molar-refractivity contribution in [3.63, 3.8) is 0 Å². The molecule has 1 saturated heterocycles. The Kier molecular flexibility index (Phi) is 33.1. The Bertz CT molecular complexity index is 2030. The zero-order valence-electron chi connectivity index (χ0n) is 46.8. The van der Waals surface area contributed by atoms with E-state index in [1.807, 2.05) is 13.8 Å². The molecule has 444 valence electrons. The summed E-state index contributed by atoms with van der Waals surface area (Å²) in [6.07, 6.45) is 3.76. The molecule has 0 saturated carbocycles. The van der Waals surface area contributed by atoms with Crippen molar-refractivity contribution in [2.45, 2.75) is 193 Å². The summed E-state index contributed by atoms with van der Waals surface area (Å²) in [7, 11) is 0. The summed E-state index contributed by atoms with van der Waals surface area (Å²) in [5.74, 6) is -9.06. The van der Waals surface area contributed by atoms with Gasteiger partial charge in [0.25, 0.3) is 0 Å². The van der Waals surface area contributed by atoms with Crippen LogP contribution < -0.4 is 72.0 Å². The van der Waals surface area contributed by atoms with Gasteiger partial charge in [-0.3, -0.25) is 57.9 Å². The predicted molar refractivity (Wildman–Crippen MR) is 295 cm³/mol. The van der Waals surface area contributed by atoms with Gasteiger partial charge in [0, 0.05) is 44.3 Å². The van der Waals surface area contributed by atoms with Gasteiger partial charge in [-0.1, -0.05) is 34.6 Å². The third kappa shape index (κ3) is 27.6. The second-order valence-corrected chi connectivity index (χ2v) is 21.1. The Morgan fingerprint density at radius 1 is 0.538 bits per heavy atom. The highest BCUT2D eigenvalue weighted by Gasteiger charge is 2.39. The van der Waals surface area contributed by atoms with Crippen molar-refractivity contribution in [1.82, 2.24) is 36.8 Å². The van der Waals surface area contributed by atoms with Gasteiger partial charge in [0.05, 0.1) is 6.04 Å². The Morgan fingerprint density at radius 3 is 1.47 bits per heavy atom. The van der Waals surface area contributed by atoms with E-state index in [0.29, 0.717) is 84.0 Å². The molecule has 0 radical (unpaired) electrons. The van der Waals surface area contributed by atoms with Crippen LogP contribution in [0.4, 0.5) is 0 Å². The number of hydrogen-bond acceptors (Lipinski definition) is 14. The summed E-state index contributed by atoms with van der Waals surface area (Å²) in [6.45, 7) is 11.9. The van der Waals surface area contributed by atoms with Crippen molar-refractivity contribution in [3.05, 3.63) is 0 Å². The first-order chi connectivity index (χ1) is 36.7. The van der Waals surface area contributed by atoms with Crippen LogP contribution in [0.15, 0.2) is 9.98 Å². The summed E-state index contributed by atoms with van der Waals surface area (Å²) in [5, 5.41) is 25.2. The number of ketones is 1. The molecule has 1 fully saturated rings. The first-order valence-corrected chi connectivity index (χ1v) is 27.4. The van der Waals surface area contributed by atoms with Gasteiger partial charge in [-0.25, -0.2) is 0 Å². The number of nitrogens with two attached hydrogens (primary N) is 7. The number of hydrogen-bond donors (Lipinski definition) is 14. The normalized spacial score (nSPS) is 16.2. The first-order valence-electron chi connectivity index (χ1n) is 27.4. The quantitative estimate of drug-likeness (QED) is 0.0178. The van der Waals surface area contributed by atoms with Gasteiger partial charge in [-0.05, 0) is 128 Å². The first kappa shape index (κ1) is 69.4. The summed E-state index contributed by atoms with van der Waals surface area (Å²) in [4.78, 5) is 144. The lowest BCUT2D eigenvalue weighted by atomic mass is 9.91. The molecule has 0 bridgehead atoms. The number of carbonyl (C=O) groups is 10. The number of rotatable bonds is 40. The van der Waals surface area contributed by atoms with Gasteiger partial charge in [0.15, 0.2) is 17.7 Å². The Balaban J connectivity index is 3.39. The van der Waals surface area contributed by atoms with Gasteiger partial charge in [-0.15, -0.1) is 0 Å². The fourth-order valence-corrected chi connectivity index (χ4v) is 8.89. The van der Waals surface area contributed by atoms with E-state index in [1.54, 1.807) is 25.7 Å². The SMILES string of the molecule is CC(C)C[C@H](NC(=O)[C@H](CC(C)C)NC(=O)[C@H](CCCCN)NC(=O)[C@H](CCCN=C(N)N)CC(=O)[C@@H]1CCCN1C(=O)[C@@H](C)CCCN=C(N)N)C(=O)N[C@@H](C)C(=O)N[C@@H](CCC(=O)O)C(=O)N[C@@H](CCCCN)C(N)=O. The van der Waals surface area contributed by atoms with E-state index in [9.17, 15) is 53.1 Å². The van der Waals surface area contributed by atoms with Gasteiger partial charge in [-0.2, -0.15) is 0 Å². The number of nitrogens with one attached hydrogen (secondary N) is 6. The molecule has 9 atom stereocenters. The van der Waals surface area contributed by atoms with Crippen LogP contribution in [-0.2, 0) is 47.9 Å². The standard InChI is InChI=1S/C51H94N16O11/c1-29(2)26-37(47(76)61-32(6)43(72)63-36(19-20-41(69)70)46(75)62-34(42(54)71)16-7-9-21-52)66-48(77)38(27-30(3)4)65-45(74)35(17-8-10-22-53)64-44(73)33(15-12-24-60-51(57)58)28-40(68)39-18-13-25-67(39)49(78)31(5)14-11-23-59-50(55)56/h29-39H,7-28,52-53H2,1-6H3,(H2,54,71)(H,61,76)(H,62,75)(H,63,72)(H,64,73)(H,65,74)(H,66,77)(H,69,70)(H4,55,56,59)(H4,57,58,60)/t31-,32-,33+,34-,35-,36-,37-,38-,39-/m0/s1. The zero-order valence-corrected chi connectivity index (χ0v) is 46.8. The minimum atomic E-state index is -1.43. The van der Waals surface area contributed by atoms with E-state index >= 15 is 0 Å². The van der Waals surface area contributed by atoms with Crippen LogP contribution in [0.2, 0.25) is 0 Å². The number of guanidine groups is 2. The van der Waals surface area contributed by atoms with Crippen LogP contribution in [0, 0.1) is 23.7 Å². The molecule has 27 nitrogen and oxygen atoms in total. The van der Waals surface area contributed by atoms with Crippen molar-refractivity contribution in [2.24, 2.45) is 73.8 Å². The summed E-state index contributed by atoms with van der Waals surface area (Å²) in [5.41, 5.74) is 38.8. The van der Waals surface area contributed by atoms with E-state index in [1.165, 1.54) is 6.92 Å². The molecule has 8 amide bonds. The minimum absolute atomic E-state index is 0.0464. The summed E-state index contributed by atoms with van der Waals surface area (Å²) in [6, 6.07) is -8.28. The number of aliphatic carboxylic acids is 1. The highest BCUT2D eigenvalue weighted by Crippen LogP contribution is 2.26. The Morgan fingerprint density at radius 2 is 0.987 bits per heavy atom. The maximum Gasteiger partial charge on any atom is 0.303 e. The maximum atomic E-state index is 14.3. The van der Waals surface area contributed by atoms with Gasteiger partial charge < -0.3 is 82.0 Å². The number of carbonyl (C=O) groups excluding carboxylic acids is 9. The Labute approximate surface area is 459 Å². The molecular formula is C51H94N16O11. The molecule has 1 heterocycles. The number of Topliss-reactive ketones (excluding diaryl/α,β-unsaturated/α-hetero) is 1. The number of nitrogens with zero attached hydrogens (tertiary/aromatic N) is 3. The number of likely N-dealkylation sites (tertiary alicyclic amines) is 1. The van der Waals surface area contributed by atoms with Crippen molar-refractivity contribution in [1.29, 1.82) is 0 Å². The molecule has 1 aliphatic rings. The monoisotopic (exact) mass is 1110 g/mol. The third-order valence-electron chi connectivity index (χ3n) is 13.1. The van der Waals surface area contributed by atoms with E-state index in [2.05, 4.69) is 41.9 Å². The van der Waals surface area contributed by atoms with Crippen molar-refractivity contribution >= 4 is 70.9 Å². The molecule has 0 aliphatic carbocycles. The molecule has 0 aromatic rings. The van der Waals surface area contributed by atoms with E-state index in [-0.39, 0.29) is 86.9 Å². The summed E-state index contributed by atoms with van der Waals surface area (Å²) >= 11 is 0. The van der Waals surface area contributed by atoms with Crippen LogP contribution in [-0.4, -0.2) is 156 Å². The van der Waals surface area contributed by atoms with Crippen LogP contribution >= 0.6 is 0 Å². The van der Waals surface area contributed by atoms with Crippen LogP contribution in [0.1, 0.15) is 151 Å². The van der Waals surface area contributed by atoms with Crippen molar-refractivity contribution in [3.8, 4) is 0 Å². The number of primary amides is 1. The van der Waals surface area contributed by atoms with Crippen molar-refractivity contribution < 1.29 is 53.1 Å². The number of unbranched alkanes of at least 4 members (excludes halogenated alkanes) is 2. The average Bonchev–Trinajstić information content (AvgIpc) is 3.86. The van der Waals surface area contributed by atoms with Crippen LogP contribution in [0.25, 0.3) is 0 Å². The van der Waals surface area contributed by atoms with E-state index in [4.69, 9.17) is 40.1 Å². The second-order valence-electron chi connectivity index (χ2n) is 21.1. The lowest BCUT2D eigenvalue weighted by Crippen LogP contribution is -2.59. The molecular weight excluding hydrogens is 1010 g/mol. The topological polar surface area (TPSA) is 473 Å². The summed E-state index contributed by atoms with van der Waals surface area (Å²) < 4.78 is 0. The van der Waals surface area contributed by atoms with Crippen molar-refractivity contribution in [2.75, 3.05) is 32.7 Å². The molecule has 0 aromatic carbocycles. The zero-order chi connectivity index (χ0) is 59.1. The molecule has 0 aromatic heterocycles. The fourth-order valence-electron chi connectivity index (χ4n) is 8.89.